The average Bonchev–Trinajstić information content (AvgIpc) is 3.30. The van der Waals surface area contributed by atoms with E-state index in [4.69, 9.17) is 9.05 Å². The lowest BCUT2D eigenvalue weighted by Gasteiger charge is -2.35. The number of aromatic nitrogens is 3. The number of aryl methyl sites for hydroxylation is 1. The van der Waals surface area contributed by atoms with Crippen LogP contribution in [0.4, 0.5) is 0 Å². The summed E-state index contributed by atoms with van der Waals surface area (Å²) in [7, 11) is -1.72. The van der Waals surface area contributed by atoms with E-state index in [1.807, 2.05) is 4.90 Å². The zero-order chi connectivity index (χ0) is 19.3. The second kappa shape index (κ2) is 8.48. The van der Waals surface area contributed by atoms with E-state index in [-0.39, 0.29) is 5.75 Å². The number of nitrogens with one attached hydrogen (secondary N) is 1. The Morgan fingerprint density at radius 1 is 1.30 bits per heavy atom. The normalized spacial score (nSPS) is 16.7. The Labute approximate surface area is 157 Å². The van der Waals surface area contributed by atoms with Crippen molar-refractivity contribution in [3.8, 4) is 0 Å². The van der Waals surface area contributed by atoms with Gasteiger partial charge in [0.25, 0.3) is 0 Å². The summed E-state index contributed by atoms with van der Waals surface area (Å²) in [5.74, 6) is 1.75. The number of rotatable bonds is 6. The smallest absolute Gasteiger partial charge is 0.228 e. The van der Waals surface area contributed by atoms with Crippen molar-refractivity contribution in [2.45, 2.75) is 19.1 Å². The van der Waals surface area contributed by atoms with Crippen LogP contribution >= 0.6 is 0 Å². The summed E-state index contributed by atoms with van der Waals surface area (Å²) in [4.78, 5) is 10.5. The van der Waals surface area contributed by atoms with Crippen LogP contribution in [0.3, 0.4) is 0 Å². The van der Waals surface area contributed by atoms with E-state index in [9.17, 15) is 8.42 Å². The van der Waals surface area contributed by atoms with E-state index in [0.29, 0.717) is 56.6 Å². The topological polar surface area (TPSA) is 130 Å². The minimum atomic E-state index is -3.42. The maximum absolute atomic E-state index is 12.5. The largest absolute Gasteiger partial charge is 0.364 e. The zero-order valence-corrected chi connectivity index (χ0v) is 16.1. The zero-order valence-electron chi connectivity index (χ0n) is 15.3. The molecule has 1 fully saturated rings. The Kier molecular flexibility index (Phi) is 6.06. The second-order valence-corrected chi connectivity index (χ2v) is 8.06. The summed E-state index contributed by atoms with van der Waals surface area (Å²) >= 11 is 0. The maximum Gasteiger partial charge on any atom is 0.228 e. The van der Waals surface area contributed by atoms with Crippen LogP contribution in [-0.4, -0.2) is 78.7 Å². The van der Waals surface area contributed by atoms with Gasteiger partial charge in [0, 0.05) is 52.3 Å². The number of guanidine groups is 1. The molecule has 1 aliphatic heterocycles. The SMILES string of the molecule is CN=C(NCCc1nc(C)no1)N1CCN(S(=O)(=O)Cc2ccon2)CC1. The van der Waals surface area contributed by atoms with Crippen LogP contribution < -0.4 is 5.32 Å². The summed E-state index contributed by atoms with van der Waals surface area (Å²) in [5.41, 5.74) is 0.408. The number of nitrogens with zero attached hydrogens (tertiary/aromatic N) is 6. The molecule has 0 aliphatic carbocycles. The third kappa shape index (κ3) is 5.04. The molecule has 27 heavy (non-hydrogen) atoms. The van der Waals surface area contributed by atoms with E-state index < -0.39 is 10.0 Å². The molecule has 0 unspecified atom stereocenters. The summed E-state index contributed by atoms with van der Waals surface area (Å²) in [6.07, 6.45) is 1.96. The summed E-state index contributed by atoms with van der Waals surface area (Å²) < 4.78 is 36.2. The molecule has 1 aliphatic rings. The fraction of sp³-hybridized carbons (Fsp3) is 0.600. The van der Waals surface area contributed by atoms with Crippen molar-refractivity contribution < 1.29 is 17.5 Å². The van der Waals surface area contributed by atoms with Crippen molar-refractivity contribution in [2.75, 3.05) is 39.8 Å². The average molecular weight is 397 g/mol. The molecule has 0 amide bonds. The quantitative estimate of drug-likeness (QED) is 0.512. The van der Waals surface area contributed by atoms with Gasteiger partial charge in [0.1, 0.15) is 12.0 Å². The third-order valence-electron chi connectivity index (χ3n) is 4.16. The second-order valence-electron chi connectivity index (χ2n) is 6.09. The van der Waals surface area contributed by atoms with Crippen LogP contribution in [0.25, 0.3) is 0 Å². The van der Waals surface area contributed by atoms with Gasteiger partial charge in [-0.05, 0) is 6.92 Å². The molecule has 0 atom stereocenters. The van der Waals surface area contributed by atoms with E-state index in [1.165, 1.54) is 10.6 Å². The molecular weight excluding hydrogens is 374 g/mol. The molecule has 1 saturated heterocycles. The van der Waals surface area contributed by atoms with E-state index in [1.54, 1.807) is 20.0 Å². The Hall–Kier alpha value is -2.47. The fourth-order valence-corrected chi connectivity index (χ4v) is 4.25. The molecule has 2 aromatic heterocycles. The van der Waals surface area contributed by atoms with Gasteiger partial charge in [-0.25, -0.2) is 8.42 Å². The number of piperazine rings is 1. The molecule has 0 aromatic carbocycles. The third-order valence-corrected chi connectivity index (χ3v) is 5.97. The number of sulfonamides is 1. The van der Waals surface area contributed by atoms with Gasteiger partial charge in [-0.2, -0.15) is 9.29 Å². The van der Waals surface area contributed by atoms with Gasteiger partial charge < -0.3 is 19.3 Å². The molecule has 12 heteroatoms. The Bertz CT molecular complexity index is 855. The van der Waals surface area contributed by atoms with Crippen LogP contribution in [-0.2, 0) is 22.2 Å². The molecule has 0 radical (unpaired) electrons. The molecule has 11 nitrogen and oxygen atoms in total. The first-order valence-electron chi connectivity index (χ1n) is 8.60. The highest BCUT2D eigenvalue weighted by molar-refractivity contribution is 7.88. The Morgan fingerprint density at radius 2 is 2.07 bits per heavy atom. The maximum atomic E-state index is 12.5. The first-order valence-corrected chi connectivity index (χ1v) is 10.2. The summed E-state index contributed by atoms with van der Waals surface area (Å²) in [5, 5.41) is 10.7. The molecule has 0 spiro atoms. The first-order chi connectivity index (χ1) is 13.0. The van der Waals surface area contributed by atoms with Crippen molar-refractivity contribution >= 4 is 16.0 Å². The van der Waals surface area contributed by atoms with E-state index in [2.05, 4.69) is 25.6 Å². The van der Waals surface area contributed by atoms with Crippen molar-refractivity contribution in [1.82, 2.24) is 29.8 Å². The molecule has 148 valence electrons. The van der Waals surface area contributed by atoms with Gasteiger partial charge in [-0.15, -0.1) is 0 Å². The van der Waals surface area contributed by atoms with Crippen LogP contribution in [0.2, 0.25) is 0 Å². The minimum Gasteiger partial charge on any atom is -0.364 e. The highest BCUT2D eigenvalue weighted by Gasteiger charge is 2.28. The molecule has 2 aromatic rings. The van der Waals surface area contributed by atoms with Crippen molar-refractivity contribution in [3.05, 3.63) is 29.7 Å². The number of hydrogen-bond acceptors (Lipinski definition) is 8. The van der Waals surface area contributed by atoms with Crippen molar-refractivity contribution in [2.24, 2.45) is 4.99 Å². The first kappa shape index (κ1) is 19.3. The molecule has 0 saturated carbocycles. The van der Waals surface area contributed by atoms with Gasteiger partial charge in [0.15, 0.2) is 11.8 Å². The van der Waals surface area contributed by atoms with Crippen LogP contribution in [0.1, 0.15) is 17.4 Å². The van der Waals surface area contributed by atoms with Crippen LogP contribution in [0.5, 0.6) is 0 Å². The predicted octanol–water partition coefficient (Wildman–Crippen LogP) is -0.368. The standard InChI is InChI=1S/C15H23N7O4S/c1-12-18-14(26-19-12)3-5-17-15(16-2)21-6-8-22(9-7-21)27(23,24)11-13-4-10-25-20-13/h4,10H,3,5-9,11H2,1-2H3,(H,16,17). The number of aliphatic imine (C=N–C) groups is 1. The molecule has 1 N–H and O–H groups in total. The van der Waals surface area contributed by atoms with Gasteiger partial charge in [-0.3, -0.25) is 4.99 Å². The Morgan fingerprint density at radius 3 is 2.67 bits per heavy atom. The van der Waals surface area contributed by atoms with Crippen LogP contribution in [0.15, 0.2) is 26.4 Å². The number of hydrogen-bond donors (Lipinski definition) is 1. The Balaban J connectivity index is 1.48. The highest BCUT2D eigenvalue weighted by atomic mass is 32.2. The molecule has 3 heterocycles. The highest BCUT2D eigenvalue weighted by Crippen LogP contribution is 2.12. The van der Waals surface area contributed by atoms with E-state index in [0.717, 1.165) is 5.96 Å². The lowest BCUT2D eigenvalue weighted by molar-refractivity contribution is 0.259. The fourth-order valence-electron chi connectivity index (χ4n) is 2.82. The lowest BCUT2D eigenvalue weighted by Crippen LogP contribution is -2.54. The van der Waals surface area contributed by atoms with Crippen LogP contribution in [0, 0.1) is 6.92 Å². The van der Waals surface area contributed by atoms with Crippen molar-refractivity contribution in [3.63, 3.8) is 0 Å². The lowest BCUT2D eigenvalue weighted by atomic mass is 10.3. The van der Waals surface area contributed by atoms with Gasteiger partial charge in [0.2, 0.25) is 15.9 Å². The molecular formula is C15H23N7O4S. The molecule has 0 bridgehead atoms. The summed E-state index contributed by atoms with van der Waals surface area (Å²) in [6.45, 7) is 4.26. The van der Waals surface area contributed by atoms with Gasteiger partial charge >= 0.3 is 0 Å². The minimum absolute atomic E-state index is 0.153. The molecule has 3 rings (SSSR count). The van der Waals surface area contributed by atoms with E-state index >= 15 is 0 Å². The summed E-state index contributed by atoms with van der Waals surface area (Å²) in [6, 6.07) is 1.56. The monoisotopic (exact) mass is 397 g/mol. The predicted molar refractivity (Wildman–Crippen MR) is 96.4 cm³/mol. The van der Waals surface area contributed by atoms with Gasteiger partial charge in [0.05, 0.1) is 5.69 Å². The van der Waals surface area contributed by atoms with Gasteiger partial charge in [-0.1, -0.05) is 10.3 Å². The van der Waals surface area contributed by atoms with Crippen molar-refractivity contribution in [1.29, 1.82) is 0 Å².